The molecule has 0 radical (unpaired) electrons. The fourth-order valence-electron chi connectivity index (χ4n) is 4.48. The highest BCUT2D eigenvalue weighted by atomic mass is 32.2. The number of thioether (sulfide) groups is 1. The number of nitrogens with zero attached hydrogens (tertiary/aromatic N) is 6. The molecule has 174 valence electrons. The first-order valence-electron chi connectivity index (χ1n) is 11.5. The fraction of sp³-hybridized carbons (Fsp3) is 0.478. The van der Waals surface area contributed by atoms with Crippen LogP contribution in [0.4, 0.5) is 11.8 Å². The van der Waals surface area contributed by atoms with Crippen LogP contribution in [0.1, 0.15) is 37.3 Å². The van der Waals surface area contributed by atoms with Gasteiger partial charge in [0.1, 0.15) is 5.82 Å². The second kappa shape index (κ2) is 9.96. The normalized spacial score (nSPS) is 16.9. The van der Waals surface area contributed by atoms with Crippen LogP contribution < -0.4 is 10.2 Å². The zero-order valence-corrected chi connectivity index (χ0v) is 19.6. The van der Waals surface area contributed by atoms with Gasteiger partial charge in [0.25, 0.3) is 0 Å². The maximum absolute atomic E-state index is 12.8. The molecular weight excluding hydrogens is 438 g/mol. The average Bonchev–Trinajstić information content (AvgIpc) is 3.59. The molecule has 1 saturated carbocycles. The number of aromatic nitrogens is 5. The molecule has 1 aliphatic carbocycles. The molecule has 1 amide bonds. The van der Waals surface area contributed by atoms with Gasteiger partial charge in [0.15, 0.2) is 5.16 Å². The first kappa shape index (κ1) is 22.0. The number of amides is 1. The van der Waals surface area contributed by atoms with E-state index in [0.717, 1.165) is 48.9 Å². The van der Waals surface area contributed by atoms with E-state index in [-0.39, 0.29) is 11.7 Å². The highest BCUT2D eigenvalue weighted by Gasteiger charge is 2.23. The van der Waals surface area contributed by atoms with E-state index in [2.05, 4.69) is 44.6 Å². The van der Waals surface area contributed by atoms with Crippen molar-refractivity contribution in [3.05, 3.63) is 42.1 Å². The molecule has 2 aliphatic rings. The molecule has 5 rings (SSSR count). The Bertz CT molecular complexity index is 1100. The number of hydrogen-bond donors (Lipinski definition) is 1. The van der Waals surface area contributed by atoms with Crippen molar-refractivity contribution in [3.8, 4) is 5.69 Å². The fourth-order valence-corrected chi connectivity index (χ4v) is 5.23. The van der Waals surface area contributed by atoms with Gasteiger partial charge >= 0.3 is 0 Å². The van der Waals surface area contributed by atoms with Gasteiger partial charge in [-0.15, -0.1) is 10.2 Å². The molecule has 10 heteroatoms. The number of rotatable bonds is 7. The number of morpholine rings is 1. The quantitative estimate of drug-likeness (QED) is 0.532. The summed E-state index contributed by atoms with van der Waals surface area (Å²) in [5.41, 5.74) is 2.15. The van der Waals surface area contributed by atoms with Gasteiger partial charge in [0.2, 0.25) is 11.9 Å². The minimum absolute atomic E-state index is 0.0774. The number of aryl methyl sites for hydroxylation is 1. The van der Waals surface area contributed by atoms with E-state index < -0.39 is 0 Å². The summed E-state index contributed by atoms with van der Waals surface area (Å²) < 4.78 is 9.50. The van der Waals surface area contributed by atoms with Gasteiger partial charge in [-0.2, -0.15) is 5.10 Å². The van der Waals surface area contributed by atoms with Crippen molar-refractivity contribution in [3.63, 3.8) is 0 Å². The average molecular weight is 468 g/mol. The van der Waals surface area contributed by atoms with Gasteiger partial charge in [-0.3, -0.25) is 9.36 Å². The van der Waals surface area contributed by atoms with Crippen molar-refractivity contribution in [2.75, 3.05) is 42.3 Å². The molecule has 3 heterocycles. The molecule has 1 aromatic carbocycles. The molecule has 0 atom stereocenters. The zero-order valence-electron chi connectivity index (χ0n) is 18.8. The second-order valence-corrected chi connectivity index (χ2v) is 9.44. The number of benzene rings is 1. The molecule has 2 aromatic heterocycles. The highest BCUT2D eigenvalue weighted by Crippen LogP contribution is 2.31. The van der Waals surface area contributed by atoms with Gasteiger partial charge in [-0.25, -0.2) is 4.68 Å². The van der Waals surface area contributed by atoms with Gasteiger partial charge in [0, 0.05) is 19.2 Å². The zero-order chi connectivity index (χ0) is 22.6. The number of carbonyl (C=O) groups is 1. The predicted octanol–water partition coefficient (Wildman–Crippen LogP) is 3.45. The lowest BCUT2D eigenvalue weighted by Gasteiger charge is -2.28. The minimum Gasteiger partial charge on any atom is -0.378 e. The van der Waals surface area contributed by atoms with E-state index in [4.69, 9.17) is 4.74 Å². The first-order chi connectivity index (χ1) is 16.2. The van der Waals surface area contributed by atoms with E-state index in [1.54, 1.807) is 6.20 Å². The van der Waals surface area contributed by atoms with Gasteiger partial charge in [0.05, 0.1) is 36.9 Å². The maximum Gasteiger partial charge on any atom is 0.235 e. The lowest BCUT2D eigenvalue weighted by molar-refractivity contribution is -0.113. The van der Waals surface area contributed by atoms with Crippen LogP contribution in [0.3, 0.4) is 0 Å². The SMILES string of the molecule is Cc1cccc(-n2c(SCC(=O)Nc3ccnn3C3CCCC3)nnc2N2CCOCC2)c1. The summed E-state index contributed by atoms with van der Waals surface area (Å²) in [6.07, 6.45) is 6.41. The highest BCUT2D eigenvalue weighted by molar-refractivity contribution is 7.99. The monoisotopic (exact) mass is 467 g/mol. The van der Waals surface area contributed by atoms with Crippen molar-refractivity contribution >= 4 is 29.4 Å². The standard InChI is InChI=1S/C23H29N7O2S/c1-17-5-4-8-19(15-17)29-22(28-11-13-32-14-12-28)26-27-23(29)33-16-21(31)25-20-9-10-24-30(20)18-6-2-3-7-18/h4-5,8-10,15,18H,2-3,6-7,11-14,16H2,1H3,(H,25,31). The number of anilines is 2. The lowest BCUT2D eigenvalue weighted by atomic mass is 10.2. The largest absolute Gasteiger partial charge is 0.378 e. The Balaban J connectivity index is 1.32. The van der Waals surface area contributed by atoms with E-state index in [0.29, 0.717) is 24.4 Å². The number of nitrogens with one attached hydrogen (secondary N) is 1. The molecular formula is C23H29N7O2S. The summed E-state index contributed by atoms with van der Waals surface area (Å²) in [5, 5.41) is 17.1. The molecule has 33 heavy (non-hydrogen) atoms. The van der Waals surface area contributed by atoms with Crippen LogP contribution in [-0.4, -0.2) is 62.5 Å². The van der Waals surface area contributed by atoms with E-state index in [9.17, 15) is 4.79 Å². The number of hydrogen-bond acceptors (Lipinski definition) is 7. The molecule has 1 aliphatic heterocycles. The van der Waals surface area contributed by atoms with Crippen molar-refractivity contribution in [1.82, 2.24) is 24.5 Å². The molecule has 3 aromatic rings. The van der Waals surface area contributed by atoms with Gasteiger partial charge in [-0.1, -0.05) is 36.7 Å². The maximum atomic E-state index is 12.8. The third kappa shape index (κ3) is 4.91. The minimum atomic E-state index is -0.0774. The molecule has 0 unspecified atom stereocenters. The third-order valence-corrected chi connectivity index (χ3v) is 7.04. The van der Waals surface area contributed by atoms with E-state index >= 15 is 0 Å². The summed E-state index contributed by atoms with van der Waals surface area (Å²) in [6, 6.07) is 10.5. The van der Waals surface area contributed by atoms with E-state index in [1.807, 2.05) is 27.4 Å². The Labute approximate surface area is 197 Å². The van der Waals surface area contributed by atoms with Crippen molar-refractivity contribution in [2.24, 2.45) is 0 Å². The van der Waals surface area contributed by atoms with E-state index in [1.165, 1.54) is 24.6 Å². The summed E-state index contributed by atoms with van der Waals surface area (Å²) >= 11 is 1.39. The Morgan fingerprint density at radius 2 is 2.00 bits per heavy atom. The van der Waals surface area contributed by atoms with Crippen LogP contribution in [0, 0.1) is 6.92 Å². The van der Waals surface area contributed by atoms with Crippen molar-refractivity contribution in [2.45, 2.75) is 43.8 Å². The Morgan fingerprint density at radius 1 is 1.18 bits per heavy atom. The van der Waals surface area contributed by atoms with Crippen LogP contribution in [0.25, 0.3) is 5.69 Å². The molecule has 1 N–H and O–H groups in total. The Morgan fingerprint density at radius 3 is 2.79 bits per heavy atom. The van der Waals surface area contributed by atoms with Crippen molar-refractivity contribution in [1.29, 1.82) is 0 Å². The number of carbonyl (C=O) groups excluding carboxylic acids is 1. The molecule has 0 bridgehead atoms. The van der Waals surface area contributed by atoms with Crippen LogP contribution in [0.15, 0.2) is 41.7 Å². The topological polar surface area (TPSA) is 90.1 Å². The third-order valence-electron chi connectivity index (χ3n) is 6.11. The van der Waals surface area contributed by atoms with Gasteiger partial charge < -0.3 is 15.0 Å². The first-order valence-corrected chi connectivity index (χ1v) is 12.5. The lowest BCUT2D eigenvalue weighted by Crippen LogP contribution is -2.37. The van der Waals surface area contributed by atoms with Crippen LogP contribution >= 0.6 is 11.8 Å². The van der Waals surface area contributed by atoms with Crippen LogP contribution in [0.5, 0.6) is 0 Å². The van der Waals surface area contributed by atoms with Crippen LogP contribution in [-0.2, 0) is 9.53 Å². The molecule has 1 saturated heterocycles. The second-order valence-electron chi connectivity index (χ2n) is 8.49. The summed E-state index contributed by atoms with van der Waals surface area (Å²) in [7, 11) is 0. The van der Waals surface area contributed by atoms with Crippen LogP contribution in [0.2, 0.25) is 0 Å². The summed E-state index contributed by atoms with van der Waals surface area (Å²) in [4.78, 5) is 15.0. The Kier molecular flexibility index (Phi) is 6.63. The van der Waals surface area contributed by atoms with Crippen molar-refractivity contribution < 1.29 is 9.53 Å². The Hall–Kier alpha value is -2.85. The number of ether oxygens (including phenoxy) is 1. The molecule has 2 fully saturated rings. The molecule has 0 spiro atoms. The smallest absolute Gasteiger partial charge is 0.235 e. The summed E-state index contributed by atoms with van der Waals surface area (Å²) in [6.45, 7) is 4.93. The summed E-state index contributed by atoms with van der Waals surface area (Å²) in [5.74, 6) is 1.71. The molecule has 9 nitrogen and oxygen atoms in total. The van der Waals surface area contributed by atoms with Gasteiger partial charge in [-0.05, 0) is 37.5 Å². The predicted molar refractivity (Wildman–Crippen MR) is 128 cm³/mol.